The lowest BCUT2D eigenvalue weighted by atomic mass is 9.49. The molecule has 1 aliphatic rings. The van der Waals surface area contributed by atoms with Crippen molar-refractivity contribution in [2.75, 3.05) is 14.2 Å². The van der Waals surface area contributed by atoms with Gasteiger partial charge in [0.2, 0.25) is 0 Å². The zero-order valence-corrected chi connectivity index (χ0v) is 14.5. The molecule has 26 heavy (non-hydrogen) atoms. The summed E-state index contributed by atoms with van der Waals surface area (Å²) < 4.78 is 10.2. The zero-order chi connectivity index (χ0) is 18.9. The first-order valence-electron chi connectivity index (χ1n) is 8.19. The van der Waals surface area contributed by atoms with Crippen molar-refractivity contribution in [3.05, 3.63) is 59.7 Å². The Morgan fingerprint density at radius 1 is 0.808 bits per heavy atom. The molecule has 0 saturated heterocycles. The molecule has 0 heterocycles. The summed E-state index contributed by atoms with van der Waals surface area (Å²) >= 11 is 0. The van der Waals surface area contributed by atoms with Crippen LogP contribution >= 0.6 is 0 Å². The highest BCUT2D eigenvalue weighted by atomic mass is 16.5. The van der Waals surface area contributed by atoms with Crippen molar-refractivity contribution in [2.45, 2.75) is 18.3 Å². The molecule has 2 unspecified atom stereocenters. The molecule has 2 atom stereocenters. The Balaban J connectivity index is 2.01. The molecule has 0 amide bonds. The number of carbonyl (C=O) groups is 2. The van der Waals surface area contributed by atoms with Crippen LogP contribution in [0.2, 0.25) is 0 Å². The largest absolute Gasteiger partial charge is 0.497 e. The van der Waals surface area contributed by atoms with Gasteiger partial charge in [0.1, 0.15) is 11.5 Å². The normalized spacial score (nSPS) is 20.7. The van der Waals surface area contributed by atoms with Gasteiger partial charge in [0, 0.05) is 11.8 Å². The van der Waals surface area contributed by atoms with E-state index in [4.69, 9.17) is 9.47 Å². The number of hydrogen-bond donors (Lipinski definition) is 2. The smallest absolute Gasteiger partial charge is 0.322 e. The maximum absolute atomic E-state index is 12.1. The monoisotopic (exact) mass is 356 g/mol. The molecular formula is C20H20O6. The lowest BCUT2D eigenvalue weighted by molar-refractivity contribution is -0.177. The second-order valence-electron chi connectivity index (χ2n) is 6.37. The highest BCUT2D eigenvalue weighted by Crippen LogP contribution is 2.62. The van der Waals surface area contributed by atoms with E-state index in [-0.39, 0.29) is 0 Å². The lowest BCUT2D eigenvalue weighted by Gasteiger charge is -2.50. The van der Waals surface area contributed by atoms with Crippen LogP contribution in [0.3, 0.4) is 0 Å². The molecule has 0 bridgehead atoms. The third-order valence-corrected chi connectivity index (χ3v) is 5.31. The van der Waals surface area contributed by atoms with Crippen molar-refractivity contribution in [1.29, 1.82) is 0 Å². The summed E-state index contributed by atoms with van der Waals surface area (Å²) in [5.74, 6) is -2.60. The number of benzene rings is 2. The number of carboxylic acid groups (broad SMARTS) is 2. The van der Waals surface area contributed by atoms with E-state index < -0.39 is 29.2 Å². The van der Waals surface area contributed by atoms with Crippen LogP contribution in [0.5, 0.6) is 11.5 Å². The molecule has 6 nitrogen and oxygen atoms in total. The summed E-state index contributed by atoms with van der Waals surface area (Å²) in [6.07, 6.45) is 0.442. The predicted octanol–water partition coefficient (Wildman–Crippen LogP) is 3.13. The fraction of sp³-hybridized carbons (Fsp3) is 0.300. The number of carboxylic acids is 2. The molecule has 2 aromatic rings. The Morgan fingerprint density at radius 3 is 1.42 bits per heavy atom. The van der Waals surface area contributed by atoms with Crippen LogP contribution in [0.25, 0.3) is 0 Å². The van der Waals surface area contributed by atoms with Gasteiger partial charge in [-0.3, -0.25) is 9.59 Å². The van der Waals surface area contributed by atoms with E-state index >= 15 is 0 Å². The Morgan fingerprint density at radius 2 is 1.15 bits per heavy atom. The quantitative estimate of drug-likeness (QED) is 0.773. The van der Waals surface area contributed by atoms with Gasteiger partial charge in [-0.05, 0) is 41.8 Å². The van der Waals surface area contributed by atoms with E-state index in [1.54, 1.807) is 48.5 Å². The third kappa shape index (κ3) is 2.58. The average molecular weight is 356 g/mol. The Bertz CT molecular complexity index is 740. The first kappa shape index (κ1) is 17.8. The Hall–Kier alpha value is -3.02. The van der Waals surface area contributed by atoms with Gasteiger partial charge in [0.05, 0.1) is 14.2 Å². The maximum atomic E-state index is 12.1. The van der Waals surface area contributed by atoms with Gasteiger partial charge < -0.3 is 19.7 Å². The van der Waals surface area contributed by atoms with Crippen molar-refractivity contribution in [3.8, 4) is 11.5 Å². The fourth-order valence-electron chi connectivity index (χ4n) is 3.85. The molecule has 0 aromatic heterocycles. The van der Waals surface area contributed by atoms with E-state index in [1.807, 2.05) is 0 Å². The molecule has 1 fully saturated rings. The molecule has 0 spiro atoms. The van der Waals surface area contributed by atoms with Crippen LogP contribution in [0.4, 0.5) is 0 Å². The number of rotatable bonds is 6. The van der Waals surface area contributed by atoms with Gasteiger partial charge in [-0.1, -0.05) is 24.3 Å². The molecule has 1 saturated carbocycles. The van der Waals surface area contributed by atoms with Gasteiger partial charge in [0.25, 0.3) is 0 Å². The second-order valence-corrected chi connectivity index (χ2v) is 6.37. The fourth-order valence-corrected chi connectivity index (χ4v) is 3.85. The second kappa shape index (κ2) is 6.71. The number of hydrogen-bond acceptors (Lipinski definition) is 4. The SMILES string of the molecule is COc1ccc(C2CC(c3ccc(OC)cc3)C2(C(=O)O)C(=O)O)cc1. The van der Waals surface area contributed by atoms with E-state index in [1.165, 1.54) is 14.2 Å². The lowest BCUT2D eigenvalue weighted by Crippen LogP contribution is -2.56. The van der Waals surface area contributed by atoms with Crippen LogP contribution < -0.4 is 9.47 Å². The Kier molecular flexibility index (Phi) is 4.59. The van der Waals surface area contributed by atoms with Crippen molar-refractivity contribution in [3.63, 3.8) is 0 Å². The molecule has 2 aromatic carbocycles. The van der Waals surface area contributed by atoms with E-state index in [2.05, 4.69) is 0 Å². The standard InChI is InChI=1S/C20H20O6/c1-25-14-7-3-12(4-8-14)16-11-17(20(16,18(21)22)19(23)24)13-5-9-15(26-2)10-6-13/h3-10,16-17H,11H2,1-2H3,(H,21,22)(H,23,24). The number of aliphatic carboxylic acids is 2. The van der Waals surface area contributed by atoms with Gasteiger partial charge in [-0.15, -0.1) is 0 Å². The van der Waals surface area contributed by atoms with Crippen LogP contribution in [0.15, 0.2) is 48.5 Å². The summed E-state index contributed by atoms with van der Waals surface area (Å²) in [7, 11) is 3.08. The van der Waals surface area contributed by atoms with E-state index in [0.717, 1.165) is 0 Å². The maximum Gasteiger partial charge on any atom is 0.322 e. The molecule has 3 rings (SSSR count). The van der Waals surface area contributed by atoms with E-state index in [0.29, 0.717) is 29.0 Å². The van der Waals surface area contributed by atoms with E-state index in [9.17, 15) is 19.8 Å². The Labute approximate surface area is 151 Å². The van der Waals surface area contributed by atoms with Crippen LogP contribution in [0.1, 0.15) is 29.4 Å². The van der Waals surface area contributed by atoms with Crippen LogP contribution in [-0.4, -0.2) is 36.4 Å². The van der Waals surface area contributed by atoms with Gasteiger partial charge in [-0.25, -0.2) is 0 Å². The molecule has 6 heteroatoms. The first-order chi connectivity index (χ1) is 12.4. The number of ether oxygens (including phenoxy) is 2. The van der Waals surface area contributed by atoms with Crippen molar-refractivity contribution < 1.29 is 29.3 Å². The highest BCUT2D eigenvalue weighted by Gasteiger charge is 2.66. The molecular weight excluding hydrogens is 336 g/mol. The molecule has 2 N–H and O–H groups in total. The summed E-state index contributed by atoms with van der Waals surface area (Å²) in [4.78, 5) is 24.3. The minimum absolute atomic E-state index is 0.442. The van der Waals surface area contributed by atoms with Gasteiger partial charge in [-0.2, -0.15) is 0 Å². The minimum atomic E-state index is -1.90. The average Bonchev–Trinajstić information content (AvgIpc) is 2.61. The molecule has 136 valence electrons. The third-order valence-electron chi connectivity index (χ3n) is 5.31. The highest BCUT2D eigenvalue weighted by molar-refractivity contribution is 6.02. The zero-order valence-electron chi connectivity index (χ0n) is 14.5. The summed E-state index contributed by atoms with van der Waals surface area (Å²) in [5, 5.41) is 19.8. The molecule has 0 radical (unpaired) electrons. The summed E-state index contributed by atoms with van der Waals surface area (Å²) in [6.45, 7) is 0. The minimum Gasteiger partial charge on any atom is -0.497 e. The van der Waals surface area contributed by atoms with Crippen LogP contribution in [-0.2, 0) is 9.59 Å². The van der Waals surface area contributed by atoms with Crippen molar-refractivity contribution in [1.82, 2.24) is 0 Å². The summed E-state index contributed by atoms with van der Waals surface area (Å²) in [6, 6.07) is 13.8. The molecule has 1 aliphatic carbocycles. The van der Waals surface area contributed by atoms with Crippen molar-refractivity contribution >= 4 is 11.9 Å². The molecule has 0 aliphatic heterocycles. The first-order valence-corrected chi connectivity index (χ1v) is 8.19. The summed E-state index contributed by atoms with van der Waals surface area (Å²) in [5.41, 5.74) is -0.538. The van der Waals surface area contributed by atoms with Crippen molar-refractivity contribution in [2.24, 2.45) is 5.41 Å². The predicted molar refractivity (Wildman–Crippen MR) is 93.8 cm³/mol. The number of methoxy groups -OCH3 is 2. The van der Waals surface area contributed by atoms with Gasteiger partial charge >= 0.3 is 11.9 Å². The van der Waals surface area contributed by atoms with Gasteiger partial charge in [0.15, 0.2) is 5.41 Å². The van der Waals surface area contributed by atoms with Crippen LogP contribution in [0, 0.1) is 5.41 Å². The topological polar surface area (TPSA) is 93.1 Å².